The molecule has 3 aliphatic heterocycles. The number of carbonyl (C=O) groups is 13. The summed E-state index contributed by atoms with van der Waals surface area (Å²) in [4.78, 5) is 186. The van der Waals surface area contributed by atoms with E-state index in [-0.39, 0.29) is 101 Å². The number of rotatable bonds is 19. The van der Waals surface area contributed by atoms with E-state index in [1.54, 1.807) is 91.9 Å². The highest BCUT2D eigenvalue weighted by molar-refractivity contribution is 6.06. The van der Waals surface area contributed by atoms with Crippen LogP contribution in [-0.4, -0.2) is 136 Å². The summed E-state index contributed by atoms with van der Waals surface area (Å²) < 4.78 is 0. The third kappa shape index (κ3) is 17.3. The Morgan fingerprint density at radius 3 is 1.06 bits per heavy atom. The van der Waals surface area contributed by atoms with Crippen LogP contribution in [0.15, 0.2) is 146 Å². The first-order chi connectivity index (χ1) is 55.2. The Kier molecular flexibility index (Phi) is 23.1. The summed E-state index contributed by atoms with van der Waals surface area (Å²) in [7, 11) is 2.83. The Labute approximate surface area is 658 Å². The van der Waals surface area contributed by atoms with Gasteiger partial charge < -0.3 is 53.0 Å². The minimum Gasteiger partial charge on any atom is -0.478 e. The predicted octanol–water partition coefficient (Wildman–Crippen LogP) is 7.04. The third-order valence-corrected chi connectivity index (χ3v) is 21.5. The van der Waals surface area contributed by atoms with E-state index < -0.39 is 71.7 Å². The monoisotopic (exact) mass is 1550 g/mol. The molecule has 6 aliphatic rings. The number of aromatic carboxylic acids is 1. The van der Waals surface area contributed by atoms with E-state index in [4.69, 9.17) is 0 Å². The first kappa shape index (κ1) is 78.8. The average Bonchev–Trinajstić information content (AvgIpc) is 1.68. The van der Waals surface area contributed by atoms with Crippen molar-refractivity contribution in [1.82, 2.24) is 92.9 Å². The molecule has 6 heterocycles. The lowest BCUT2D eigenvalue weighted by Gasteiger charge is -2.15. The van der Waals surface area contributed by atoms with E-state index in [0.29, 0.717) is 40.7 Å². The average molecular weight is 1550 g/mol. The van der Waals surface area contributed by atoms with Gasteiger partial charge in [-0.25, -0.2) is 49.1 Å². The number of likely N-dealkylation sites (N-methyl/N-ethyl adjacent to an activating group) is 2. The Bertz CT molecular complexity index is 5540. The summed E-state index contributed by atoms with van der Waals surface area (Å²) in [6.45, 7) is 10.6. The molecule has 9 aromatic rings. The zero-order valence-corrected chi connectivity index (χ0v) is 63.5. The summed E-state index contributed by atoms with van der Waals surface area (Å²) in [6.07, 6.45) is 8.24. The van der Waals surface area contributed by atoms with Gasteiger partial charge >= 0.3 is 24.1 Å². The molecule has 0 radical (unpaired) electrons. The summed E-state index contributed by atoms with van der Waals surface area (Å²) >= 11 is 0. The summed E-state index contributed by atoms with van der Waals surface area (Å²) in [5, 5.41) is 36.7. The number of amides is 15. The smallest absolute Gasteiger partial charge is 0.335 e. The molecule has 0 spiro atoms. The lowest BCUT2D eigenvalue weighted by atomic mass is 9.98. The molecule has 6 aromatic carbocycles. The molecule has 6 atom stereocenters. The predicted molar refractivity (Wildman–Crippen MR) is 412 cm³/mol. The molecule has 32 nitrogen and oxygen atoms in total. The number of fused-ring (bicyclic) bond motifs is 3. The second-order valence-corrected chi connectivity index (χ2v) is 28.6. The number of imide groups is 3. The maximum Gasteiger partial charge on any atom is 0.335 e. The molecule has 3 fully saturated rings. The van der Waals surface area contributed by atoms with Crippen molar-refractivity contribution >= 4 is 77.2 Å². The maximum atomic E-state index is 13.0. The molecule has 3 saturated heterocycles. The highest BCUT2D eigenvalue weighted by Gasteiger charge is 2.39. The van der Waals surface area contributed by atoms with Gasteiger partial charge in [-0.3, -0.25) is 58.3 Å². The van der Waals surface area contributed by atoms with Crippen LogP contribution in [0.5, 0.6) is 0 Å². The minimum absolute atomic E-state index is 0.00456. The molecule has 3 unspecified atom stereocenters. The van der Waals surface area contributed by atoms with Gasteiger partial charge in [0, 0.05) is 51.9 Å². The molecule has 586 valence electrons. The zero-order chi connectivity index (χ0) is 81.6. The van der Waals surface area contributed by atoms with Gasteiger partial charge in [-0.05, 0) is 174 Å². The normalized spacial score (nSPS) is 18.0. The van der Waals surface area contributed by atoms with Crippen LogP contribution in [0.2, 0.25) is 0 Å². The van der Waals surface area contributed by atoms with E-state index >= 15 is 0 Å². The summed E-state index contributed by atoms with van der Waals surface area (Å²) in [6, 6.07) is 32.3. The molecule has 15 rings (SSSR count). The van der Waals surface area contributed by atoms with Crippen molar-refractivity contribution in [2.24, 2.45) is 0 Å². The second-order valence-electron chi connectivity index (χ2n) is 28.6. The van der Waals surface area contributed by atoms with Crippen molar-refractivity contribution in [1.29, 1.82) is 0 Å². The van der Waals surface area contributed by atoms with Crippen molar-refractivity contribution in [2.75, 3.05) is 14.1 Å². The van der Waals surface area contributed by atoms with Crippen LogP contribution in [-0.2, 0) is 53.3 Å². The molecular weight excluding hydrogens is 1470 g/mol. The van der Waals surface area contributed by atoms with Crippen LogP contribution in [0, 0.1) is 34.6 Å². The minimum atomic E-state index is -0.988. The van der Waals surface area contributed by atoms with Gasteiger partial charge in [0.15, 0.2) is 0 Å². The van der Waals surface area contributed by atoms with Crippen LogP contribution in [0.3, 0.4) is 0 Å². The van der Waals surface area contributed by atoms with Crippen LogP contribution in [0.1, 0.15) is 223 Å². The number of benzene rings is 6. The Morgan fingerprint density at radius 1 is 0.409 bits per heavy atom. The largest absolute Gasteiger partial charge is 0.478 e. The van der Waals surface area contributed by atoms with Crippen LogP contribution >= 0.6 is 0 Å². The fourth-order valence-electron chi connectivity index (χ4n) is 14.8. The number of urea groups is 3. The number of nitrogens with zero attached hydrogens (tertiary/aromatic N) is 8. The first-order valence-electron chi connectivity index (χ1n) is 37.0. The number of aryl methyl sites for hydroxylation is 2. The molecule has 0 bridgehead atoms. The van der Waals surface area contributed by atoms with Gasteiger partial charge in [0.25, 0.3) is 53.2 Å². The van der Waals surface area contributed by atoms with Gasteiger partial charge in [-0.15, -0.1) is 0 Å². The molecule has 3 aliphatic carbocycles. The summed E-state index contributed by atoms with van der Waals surface area (Å²) in [5.41, 5.74) is 16.9. The van der Waals surface area contributed by atoms with Gasteiger partial charge in [-0.2, -0.15) is 0 Å². The number of carboxylic acid groups (broad SMARTS) is 1. The van der Waals surface area contributed by atoms with Gasteiger partial charge in [0.05, 0.1) is 23.7 Å². The number of aromatic nitrogens is 6. The highest BCUT2D eigenvalue weighted by atomic mass is 16.4. The standard InChI is InChI=1S/C28H26N6O6.C28H28N6O4.C27H26N6O4/c1-14-17-8-9-20(19(17)7-6-18(14)27(38)39)32-25(36)22-11-21(30-13-31-22)24(35)29-12-15-4-3-5-16(10-15)23-26(37)34(2)28(40)33-23;1-15-7-8-20-19(16(15)2)9-10-21(20)32-26(36)23-12-22(30-14-31-23)25(35)29-13-17-5-4-6-18(11-17)24-27(37)34(3)28(38)33-24;1-14-6-7-19-18(15(14)2)8-9-20(19)31-25(35)22-11-21(29-13-30-22)24(34)28-12-16-4-3-5-17(10-16)23-26(36)33-27(37)32-23/h3-7,10-11,13,20,23H,8-9,12H2,1-2H3,(H,29,35)(H,32,36)(H,33,40)(H,38,39);4-8,11-12,14,21,24H,9-10,13H2,1-3H3,(H,29,35)(H,32,36)(H,33,38);3-7,10-11,13,20,23H,8-9,12H2,1-2H3,(H,28,34)(H,31,35)(H2,32,33,36,37)/t20-,23?;21-,24?;20-,23?/m000/s1. The second kappa shape index (κ2) is 33.7. The topological polar surface area (TPSA) is 446 Å². The molecule has 115 heavy (non-hydrogen) atoms. The number of hydrogen-bond acceptors (Lipinski definition) is 19. The van der Waals surface area contributed by atoms with E-state index in [1.165, 1.54) is 78.3 Å². The SMILES string of the molecule is Cc1c(C(=O)O)ccc2c1CC[C@@H]2NC(=O)c1cc(C(=O)NCc2cccc(C3NC(=O)N(C)C3=O)c2)ncn1.Cc1ccc2c(c1C)CC[C@@H]2NC(=O)c1cc(C(=O)NCc2cccc(C3NC(=O)N(C)C3=O)c2)ncn1.Cc1ccc2c(c1C)CC[C@@H]2NC(=O)c1cc(C(=O)NCc2cccc(C3NC(=O)NC3=O)c2)ncn1. The van der Waals surface area contributed by atoms with Gasteiger partial charge in [0.2, 0.25) is 0 Å². The summed E-state index contributed by atoms with van der Waals surface area (Å²) in [5.74, 6) is -4.77. The van der Waals surface area contributed by atoms with Crippen molar-refractivity contribution in [3.63, 3.8) is 0 Å². The first-order valence-corrected chi connectivity index (χ1v) is 37.0. The number of hydrogen-bond donors (Lipinski definition) is 11. The van der Waals surface area contributed by atoms with Crippen molar-refractivity contribution in [2.45, 2.75) is 129 Å². The Morgan fingerprint density at radius 2 is 0.739 bits per heavy atom. The lowest BCUT2D eigenvalue weighted by molar-refractivity contribution is -0.127. The Balaban J connectivity index is 0.000000150. The van der Waals surface area contributed by atoms with Crippen molar-refractivity contribution in [3.05, 3.63) is 281 Å². The van der Waals surface area contributed by atoms with Crippen LogP contribution in [0.25, 0.3) is 0 Å². The number of nitrogens with one attached hydrogen (secondary N) is 10. The molecule has 3 aromatic heterocycles. The molecule has 15 amide bonds. The maximum absolute atomic E-state index is 13.0. The van der Waals surface area contributed by atoms with E-state index in [2.05, 4.69) is 135 Å². The fraction of sp³-hybridized carbons (Fsp3) is 0.265. The molecule has 32 heteroatoms. The number of carbonyl (C=O) groups excluding carboxylic acids is 12. The van der Waals surface area contributed by atoms with E-state index in [1.807, 2.05) is 0 Å². The van der Waals surface area contributed by atoms with E-state index in [0.717, 1.165) is 75.2 Å². The lowest BCUT2D eigenvalue weighted by Crippen LogP contribution is -2.29. The van der Waals surface area contributed by atoms with Crippen molar-refractivity contribution < 1.29 is 67.4 Å². The zero-order valence-electron chi connectivity index (χ0n) is 63.5. The molecule has 11 N–H and O–H groups in total. The highest BCUT2D eigenvalue weighted by Crippen LogP contribution is 2.38. The van der Waals surface area contributed by atoms with Crippen LogP contribution < -0.4 is 53.2 Å². The quantitative estimate of drug-likeness (QED) is 0.0361. The van der Waals surface area contributed by atoms with Gasteiger partial charge in [0.1, 0.15) is 71.3 Å². The van der Waals surface area contributed by atoms with E-state index in [9.17, 15) is 67.4 Å². The number of carboxylic acids is 1. The van der Waals surface area contributed by atoms with Crippen molar-refractivity contribution in [3.8, 4) is 0 Å². The fourth-order valence-corrected chi connectivity index (χ4v) is 14.8. The molecule has 0 saturated carbocycles. The van der Waals surface area contributed by atoms with Crippen LogP contribution in [0.4, 0.5) is 14.4 Å². The third-order valence-electron chi connectivity index (χ3n) is 21.5. The Hall–Kier alpha value is -14.3. The van der Waals surface area contributed by atoms with Gasteiger partial charge in [-0.1, -0.05) is 103 Å². The molecular formula is C83H80N18O14.